The van der Waals surface area contributed by atoms with E-state index in [1.54, 1.807) is 24.3 Å². The molecule has 0 aliphatic heterocycles. The second-order valence-corrected chi connectivity index (χ2v) is 6.29. The van der Waals surface area contributed by atoms with Crippen LogP contribution in [-0.4, -0.2) is 36.3 Å². The third-order valence-corrected chi connectivity index (χ3v) is 4.11. The highest BCUT2D eigenvalue weighted by atomic mass is 35.5. The molecule has 0 aliphatic carbocycles. The fourth-order valence-electron chi connectivity index (χ4n) is 2.16. The number of nitrogens with one attached hydrogen (secondary N) is 2. The molecule has 2 aromatic rings. The van der Waals surface area contributed by atoms with Gasteiger partial charge in [-0.25, -0.2) is 13.2 Å². The molecule has 2 aromatic carbocycles. The molecule has 0 aliphatic rings. The van der Waals surface area contributed by atoms with Crippen LogP contribution in [0.1, 0.15) is 6.92 Å². The van der Waals surface area contributed by atoms with E-state index in [1.165, 1.54) is 18.9 Å². The molecule has 2 amide bonds. The minimum atomic E-state index is -1.67. The van der Waals surface area contributed by atoms with Gasteiger partial charge in [0, 0.05) is 10.7 Å². The first kappa shape index (κ1) is 20.7. The van der Waals surface area contributed by atoms with Crippen molar-refractivity contribution in [1.29, 1.82) is 0 Å². The number of anilines is 2. The van der Waals surface area contributed by atoms with E-state index in [0.29, 0.717) is 16.8 Å². The van der Waals surface area contributed by atoms with Crippen molar-refractivity contribution < 1.29 is 22.8 Å². The van der Waals surface area contributed by atoms with Crippen LogP contribution in [0.25, 0.3) is 0 Å². The summed E-state index contributed by atoms with van der Waals surface area (Å²) >= 11 is 5.77. The SMILES string of the molecule is C[C@H](C(=O)Nc1ccc(F)c(F)c1F)N(C)CC(=O)Nc1ccc(Cl)cc1. The van der Waals surface area contributed by atoms with Crippen LogP contribution in [-0.2, 0) is 9.59 Å². The maximum Gasteiger partial charge on any atom is 0.241 e. The van der Waals surface area contributed by atoms with Crippen molar-refractivity contribution in [2.24, 2.45) is 0 Å². The van der Waals surface area contributed by atoms with Crippen molar-refractivity contribution in [1.82, 2.24) is 4.90 Å². The Morgan fingerprint density at radius 1 is 1.04 bits per heavy atom. The Balaban J connectivity index is 1.94. The van der Waals surface area contributed by atoms with Crippen LogP contribution in [0, 0.1) is 17.5 Å². The van der Waals surface area contributed by atoms with E-state index in [4.69, 9.17) is 11.6 Å². The van der Waals surface area contributed by atoms with Gasteiger partial charge in [-0.2, -0.15) is 0 Å². The Labute approximate surface area is 159 Å². The molecule has 0 bridgehead atoms. The number of halogens is 4. The number of hydrogen-bond acceptors (Lipinski definition) is 3. The number of carbonyl (C=O) groups is 2. The number of likely N-dealkylation sites (N-methyl/N-ethyl adjacent to an activating group) is 1. The number of carbonyl (C=O) groups excluding carboxylic acids is 2. The topological polar surface area (TPSA) is 61.4 Å². The number of benzene rings is 2. The first-order valence-corrected chi connectivity index (χ1v) is 8.27. The van der Waals surface area contributed by atoms with Crippen LogP contribution in [0.2, 0.25) is 5.02 Å². The molecule has 1 atom stereocenters. The Morgan fingerprint density at radius 2 is 1.67 bits per heavy atom. The van der Waals surface area contributed by atoms with Crippen molar-refractivity contribution >= 4 is 34.8 Å². The highest BCUT2D eigenvalue weighted by Crippen LogP contribution is 2.20. The summed E-state index contributed by atoms with van der Waals surface area (Å²) in [6.07, 6.45) is 0. The minimum absolute atomic E-state index is 0.128. The fourth-order valence-corrected chi connectivity index (χ4v) is 2.28. The molecule has 0 unspecified atom stereocenters. The largest absolute Gasteiger partial charge is 0.325 e. The van der Waals surface area contributed by atoms with E-state index in [2.05, 4.69) is 10.6 Å². The average molecular weight is 400 g/mol. The van der Waals surface area contributed by atoms with E-state index in [9.17, 15) is 22.8 Å². The molecule has 0 aromatic heterocycles. The summed E-state index contributed by atoms with van der Waals surface area (Å²) in [7, 11) is 1.52. The monoisotopic (exact) mass is 399 g/mol. The van der Waals surface area contributed by atoms with Crippen LogP contribution < -0.4 is 10.6 Å². The molecule has 0 fully saturated rings. The normalized spacial score (nSPS) is 12.0. The number of amides is 2. The Bertz CT molecular complexity index is 846. The molecule has 5 nitrogen and oxygen atoms in total. The van der Waals surface area contributed by atoms with Gasteiger partial charge in [-0.15, -0.1) is 0 Å². The van der Waals surface area contributed by atoms with Crippen LogP contribution in [0.4, 0.5) is 24.5 Å². The molecule has 0 saturated heterocycles. The van der Waals surface area contributed by atoms with Crippen LogP contribution in [0.3, 0.4) is 0 Å². The summed E-state index contributed by atoms with van der Waals surface area (Å²) in [6.45, 7) is 1.36. The summed E-state index contributed by atoms with van der Waals surface area (Å²) in [5.74, 6) is -5.57. The van der Waals surface area contributed by atoms with Gasteiger partial charge in [0.1, 0.15) is 0 Å². The number of hydrogen-bond donors (Lipinski definition) is 2. The van der Waals surface area contributed by atoms with Crippen LogP contribution >= 0.6 is 11.6 Å². The fraction of sp³-hybridized carbons (Fsp3) is 0.222. The van der Waals surface area contributed by atoms with E-state index in [0.717, 1.165) is 6.07 Å². The number of rotatable bonds is 6. The second-order valence-electron chi connectivity index (χ2n) is 5.86. The molecular weight excluding hydrogens is 383 g/mol. The molecule has 0 saturated carbocycles. The van der Waals surface area contributed by atoms with Gasteiger partial charge >= 0.3 is 0 Å². The average Bonchev–Trinajstić information content (AvgIpc) is 2.63. The van der Waals surface area contributed by atoms with E-state index >= 15 is 0 Å². The molecule has 2 rings (SSSR count). The molecule has 0 radical (unpaired) electrons. The Kier molecular flexibility index (Phi) is 6.81. The van der Waals surface area contributed by atoms with Crippen molar-refractivity contribution in [3.63, 3.8) is 0 Å². The summed E-state index contributed by atoms with van der Waals surface area (Å²) in [5.41, 5.74) is 0.0588. The number of nitrogens with zero attached hydrogens (tertiary/aromatic N) is 1. The third-order valence-electron chi connectivity index (χ3n) is 3.85. The van der Waals surface area contributed by atoms with Gasteiger partial charge in [0.15, 0.2) is 17.5 Å². The van der Waals surface area contributed by atoms with Gasteiger partial charge < -0.3 is 10.6 Å². The maximum absolute atomic E-state index is 13.7. The zero-order chi connectivity index (χ0) is 20.1. The standard InChI is InChI=1S/C18H17ClF3N3O2/c1-10(18(27)24-14-8-7-13(20)16(21)17(14)22)25(2)9-15(26)23-12-5-3-11(19)4-6-12/h3-8,10H,9H2,1-2H3,(H,23,26)(H,24,27)/t10-/m1/s1. The lowest BCUT2D eigenvalue weighted by Crippen LogP contribution is -2.43. The third kappa shape index (κ3) is 5.45. The molecular formula is C18H17ClF3N3O2. The lowest BCUT2D eigenvalue weighted by Gasteiger charge is -2.23. The quantitative estimate of drug-likeness (QED) is 0.729. The van der Waals surface area contributed by atoms with Gasteiger partial charge in [-0.3, -0.25) is 14.5 Å². The molecule has 9 heteroatoms. The molecule has 0 heterocycles. The summed E-state index contributed by atoms with van der Waals surface area (Å²) in [4.78, 5) is 25.7. The molecule has 0 spiro atoms. The van der Waals surface area contributed by atoms with E-state index < -0.39 is 35.1 Å². The van der Waals surface area contributed by atoms with Gasteiger partial charge in [0.2, 0.25) is 11.8 Å². The molecule has 27 heavy (non-hydrogen) atoms. The molecule has 2 N–H and O–H groups in total. The zero-order valence-corrected chi connectivity index (χ0v) is 15.3. The molecule has 144 valence electrons. The Morgan fingerprint density at radius 3 is 2.30 bits per heavy atom. The lowest BCUT2D eigenvalue weighted by atomic mass is 10.2. The van der Waals surface area contributed by atoms with Gasteiger partial charge in [0.25, 0.3) is 0 Å². The van der Waals surface area contributed by atoms with Crippen molar-refractivity contribution in [2.75, 3.05) is 24.2 Å². The van der Waals surface area contributed by atoms with Crippen molar-refractivity contribution in [3.05, 3.63) is 58.9 Å². The van der Waals surface area contributed by atoms with E-state index in [-0.39, 0.29) is 12.5 Å². The zero-order valence-electron chi connectivity index (χ0n) is 14.5. The van der Waals surface area contributed by atoms with Gasteiger partial charge in [-0.1, -0.05) is 11.6 Å². The van der Waals surface area contributed by atoms with Crippen molar-refractivity contribution in [2.45, 2.75) is 13.0 Å². The van der Waals surface area contributed by atoms with Gasteiger partial charge in [-0.05, 0) is 50.4 Å². The minimum Gasteiger partial charge on any atom is -0.325 e. The highest BCUT2D eigenvalue weighted by Gasteiger charge is 2.22. The highest BCUT2D eigenvalue weighted by molar-refractivity contribution is 6.30. The Hall–Kier alpha value is -2.58. The summed E-state index contributed by atoms with van der Waals surface area (Å²) < 4.78 is 39.8. The smallest absolute Gasteiger partial charge is 0.241 e. The predicted octanol–water partition coefficient (Wildman–Crippen LogP) is 3.65. The van der Waals surface area contributed by atoms with Crippen LogP contribution in [0.15, 0.2) is 36.4 Å². The second kappa shape index (κ2) is 8.88. The van der Waals surface area contributed by atoms with E-state index in [1.807, 2.05) is 0 Å². The first-order valence-electron chi connectivity index (χ1n) is 7.89. The first-order chi connectivity index (χ1) is 12.7. The lowest BCUT2D eigenvalue weighted by molar-refractivity contribution is -0.122. The van der Waals surface area contributed by atoms with Crippen LogP contribution in [0.5, 0.6) is 0 Å². The van der Waals surface area contributed by atoms with Gasteiger partial charge in [0.05, 0.1) is 18.3 Å². The summed E-state index contributed by atoms with van der Waals surface area (Å²) in [6, 6.07) is 7.28. The maximum atomic E-state index is 13.7. The summed E-state index contributed by atoms with van der Waals surface area (Å²) in [5, 5.41) is 5.35. The predicted molar refractivity (Wildman–Crippen MR) is 97.1 cm³/mol. The van der Waals surface area contributed by atoms with Crippen molar-refractivity contribution in [3.8, 4) is 0 Å².